The lowest BCUT2D eigenvalue weighted by atomic mass is 10.1. The SMILES string of the molecule is CCOc1cc(C=NNC(=O)CC(=O)Nc2ccc(C)cc2C)ccc1OCc1cccc2ccccc12. The summed E-state index contributed by atoms with van der Waals surface area (Å²) in [6.07, 6.45) is 1.16. The molecule has 4 rings (SSSR count). The van der Waals surface area contributed by atoms with Crippen molar-refractivity contribution in [2.75, 3.05) is 11.9 Å². The number of hydrazone groups is 1. The highest BCUT2D eigenvalue weighted by Crippen LogP contribution is 2.30. The van der Waals surface area contributed by atoms with E-state index in [2.05, 4.69) is 40.1 Å². The van der Waals surface area contributed by atoms with Gasteiger partial charge in [0.2, 0.25) is 11.8 Å². The topological polar surface area (TPSA) is 89.0 Å². The van der Waals surface area contributed by atoms with Gasteiger partial charge in [0.1, 0.15) is 13.0 Å². The van der Waals surface area contributed by atoms with E-state index in [1.165, 1.54) is 6.21 Å². The summed E-state index contributed by atoms with van der Waals surface area (Å²) in [6.45, 7) is 6.66. The van der Waals surface area contributed by atoms with Gasteiger partial charge in [0.25, 0.3) is 0 Å². The van der Waals surface area contributed by atoms with E-state index in [1.807, 2.05) is 69.3 Å². The maximum absolute atomic E-state index is 12.2. The smallest absolute Gasteiger partial charge is 0.249 e. The van der Waals surface area contributed by atoms with Crippen molar-refractivity contribution in [3.8, 4) is 11.5 Å². The third kappa shape index (κ3) is 6.97. The molecule has 0 bridgehead atoms. The molecule has 0 saturated carbocycles. The maximum atomic E-state index is 12.2. The van der Waals surface area contributed by atoms with E-state index in [0.717, 1.165) is 27.5 Å². The Balaban J connectivity index is 1.34. The highest BCUT2D eigenvalue weighted by atomic mass is 16.5. The standard InChI is InChI=1S/C31H31N3O4/c1-4-37-29-17-23(13-15-28(29)38-20-25-10-7-9-24-8-5-6-11-26(24)25)19-32-34-31(36)18-30(35)33-27-14-12-21(2)16-22(27)3/h5-17,19H,4,18,20H2,1-3H3,(H,33,35)(H,34,36). The molecule has 0 aliphatic heterocycles. The highest BCUT2D eigenvalue weighted by Gasteiger charge is 2.11. The Morgan fingerprint density at radius 2 is 1.68 bits per heavy atom. The van der Waals surface area contributed by atoms with E-state index in [1.54, 1.807) is 6.07 Å². The van der Waals surface area contributed by atoms with Gasteiger partial charge >= 0.3 is 0 Å². The number of fused-ring (bicyclic) bond motifs is 1. The van der Waals surface area contributed by atoms with E-state index < -0.39 is 11.8 Å². The Morgan fingerprint density at radius 1 is 0.868 bits per heavy atom. The van der Waals surface area contributed by atoms with Gasteiger partial charge in [-0.3, -0.25) is 9.59 Å². The Hall–Kier alpha value is -4.65. The molecule has 7 heteroatoms. The number of ether oxygens (including phenoxy) is 2. The molecular weight excluding hydrogens is 478 g/mol. The number of nitrogens with one attached hydrogen (secondary N) is 2. The zero-order chi connectivity index (χ0) is 26.9. The Bertz CT molecular complexity index is 1470. The van der Waals surface area contributed by atoms with Gasteiger partial charge in [-0.05, 0) is 72.5 Å². The normalized spacial score (nSPS) is 10.9. The van der Waals surface area contributed by atoms with Crippen molar-refractivity contribution in [1.82, 2.24) is 5.43 Å². The molecule has 4 aromatic carbocycles. The number of hydrogen-bond donors (Lipinski definition) is 2. The van der Waals surface area contributed by atoms with Crippen molar-refractivity contribution in [3.05, 3.63) is 101 Å². The molecule has 2 amide bonds. The Morgan fingerprint density at radius 3 is 2.50 bits per heavy atom. The molecule has 2 N–H and O–H groups in total. The number of carbonyl (C=O) groups is 2. The molecule has 0 aliphatic rings. The van der Waals surface area contributed by atoms with Crippen molar-refractivity contribution in [2.45, 2.75) is 33.8 Å². The van der Waals surface area contributed by atoms with Crippen LogP contribution >= 0.6 is 0 Å². The van der Waals surface area contributed by atoms with Crippen LogP contribution in [0.25, 0.3) is 10.8 Å². The van der Waals surface area contributed by atoms with Gasteiger partial charge in [-0.25, -0.2) is 5.43 Å². The summed E-state index contributed by atoms with van der Waals surface area (Å²) in [7, 11) is 0. The van der Waals surface area contributed by atoms with E-state index in [0.29, 0.717) is 36.0 Å². The van der Waals surface area contributed by atoms with E-state index in [9.17, 15) is 9.59 Å². The summed E-state index contributed by atoms with van der Waals surface area (Å²) < 4.78 is 11.9. The third-order valence-corrected chi connectivity index (χ3v) is 5.91. The van der Waals surface area contributed by atoms with Crippen molar-refractivity contribution in [2.24, 2.45) is 5.10 Å². The molecule has 0 atom stereocenters. The summed E-state index contributed by atoms with van der Waals surface area (Å²) in [5.41, 5.74) is 6.92. The first-order chi connectivity index (χ1) is 18.4. The van der Waals surface area contributed by atoms with Crippen LogP contribution < -0.4 is 20.2 Å². The second-order valence-corrected chi connectivity index (χ2v) is 8.90. The van der Waals surface area contributed by atoms with Crippen LogP contribution in [-0.4, -0.2) is 24.6 Å². The molecule has 0 fully saturated rings. The summed E-state index contributed by atoms with van der Waals surface area (Å²) in [5, 5.41) is 9.05. The lowest BCUT2D eigenvalue weighted by Crippen LogP contribution is -2.24. The zero-order valence-corrected chi connectivity index (χ0v) is 21.8. The molecule has 0 aromatic heterocycles. The lowest BCUT2D eigenvalue weighted by molar-refractivity contribution is -0.126. The van der Waals surface area contributed by atoms with Crippen molar-refractivity contribution in [1.29, 1.82) is 0 Å². The summed E-state index contributed by atoms with van der Waals surface area (Å²) in [4.78, 5) is 24.4. The maximum Gasteiger partial charge on any atom is 0.249 e. The van der Waals surface area contributed by atoms with Gasteiger partial charge in [-0.2, -0.15) is 5.10 Å². The van der Waals surface area contributed by atoms with E-state index >= 15 is 0 Å². The number of carbonyl (C=O) groups excluding carboxylic acids is 2. The van der Waals surface area contributed by atoms with Gasteiger partial charge in [0.05, 0.1) is 12.8 Å². The molecule has 194 valence electrons. The second-order valence-electron chi connectivity index (χ2n) is 8.90. The predicted molar refractivity (Wildman–Crippen MR) is 151 cm³/mol. The summed E-state index contributed by atoms with van der Waals surface area (Å²) >= 11 is 0. The van der Waals surface area contributed by atoms with Gasteiger partial charge < -0.3 is 14.8 Å². The number of amides is 2. The first-order valence-corrected chi connectivity index (χ1v) is 12.5. The molecule has 38 heavy (non-hydrogen) atoms. The molecule has 0 aliphatic carbocycles. The predicted octanol–water partition coefficient (Wildman–Crippen LogP) is 5.91. The first-order valence-electron chi connectivity index (χ1n) is 12.5. The van der Waals surface area contributed by atoms with Crippen molar-refractivity contribution < 1.29 is 19.1 Å². The minimum absolute atomic E-state index is 0.338. The zero-order valence-electron chi connectivity index (χ0n) is 21.8. The molecule has 0 spiro atoms. The van der Waals surface area contributed by atoms with Gasteiger partial charge in [-0.15, -0.1) is 0 Å². The average molecular weight is 510 g/mol. The first kappa shape index (κ1) is 26.4. The summed E-state index contributed by atoms with van der Waals surface area (Å²) in [6, 6.07) is 25.5. The van der Waals surface area contributed by atoms with Gasteiger partial charge in [0, 0.05) is 5.69 Å². The van der Waals surface area contributed by atoms with E-state index in [4.69, 9.17) is 9.47 Å². The fraction of sp³-hybridized carbons (Fsp3) is 0.194. The Labute approximate surface area is 222 Å². The number of rotatable bonds is 10. The number of benzene rings is 4. The molecule has 7 nitrogen and oxygen atoms in total. The second kappa shape index (κ2) is 12.5. The van der Waals surface area contributed by atoms with Gasteiger partial charge in [-0.1, -0.05) is 60.2 Å². The summed E-state index contributed by atoms with van der Waals surface area (Å²) in [5.74, 6) is 0.277. The van der Waals surface area contributed by atoms with Gasteiger partial charge in [0.15, 0.2) is 11.5 Å². The third-order valence-electron chi connectivity index (χ3n) is 5.91. The van der Waals surface area contributed by atoms with Crippen LogP contribution in [0.1, 0.15) is 35.6 Å². The Kier molecular flexibility index (Phi) is 8.72. The van der Waals surface area contributed by atoms with Crippen LogP contribution in [-0.2, 0) is 16.2 Å². The molecule has 4 aromatic rings. The monoisotopic (exact) mass is 509 g/mol. The minimum Gasteiger partial charge on any atom is -0.490 e. The number of nitrogens with zero attached hydrogens (tertiary/aromatic N) is 1. The van der Waals surface area contributed by atoms with Crippen LogP contribution in [0, 0.1) is 13.8 Å². The van der Waals surface area contributed by atoms with Crippen molar-refractivity contribution in [3.63, 3.8) is 0 Å². The number of aryl methyl sites for hydroxylation is 2. The number of anilines is 1. The molecular formula is C31H31N3O4. The minimum atomic E-state index is -0.511. The largest absolute Gasteiger partial charge is 0.490 e. The van der Waals surface area contributed by atoms with Crippen LogP contribution in [0.3, 0.4) is 0 Å². The van der Waals surface area contributed by atoms with Crippen LogP contribution in [0.2, 0.25) is 0 Å². The molecule has 0 heterocycles. The molecule has 0 saturated heterocycles. The average Bonchev–Trinajstić information content (AvgIpc) is 2.90. The quantitative estimate of drug-likeness (QED) is 0.158. The van der Waals surface area contributed by atoms with Crippen LogP contribution in [0.4, 0.5) is 5.69 Å². The fourth-order valence-corrected chi connectivity index (χ4v) is 4.08. The lowest BCUT2D eigenvalue weighted by Gasteiger charge is -2.13. The fourth-order valence-electron chi connectivity index (χ4n) is 4.08. The van der Waals surface area contributed by atoms with Crippen molar-refractivity contribution >= 4 is 34.5 Å². The number of hydrogen-bond acceptors (Lipinski definition) is 5. The van der Waals surface area contributed by atoms with Crippen LogP contribution in [0.15, 0.2) is 84.0 Å². The van der Waals surface area contributed by atoms with Crippen LogP contribution in [0.5, 0.6) is 11.5 Å². The molecule has 0 unspecified atom stereocenters. The van der Waals surface area contributed by atoms with E-state index in [-0.39, 0.29) is 6.42 Å². The highest BCUT2D eigenvalue weighted by molar-refractivity contribution is 6.04. The molecule has 0 radical (unpaired) electrons.